The summed E-state index contributed by atoms with van der Waals surface area (Å²) in [5.74, 6) is 0.719. The molecule has 0 aromatic heterocycles. The summed E-state index contributed by atoms with van der Waals surface area (Å²) in [5, 5.41) is 0. The molecule has 4 heteroatoms. The molecule has 1 heterocycles. The van der Waals surface area contributed by atoms with E-state index in [2.05, 4.69) is 0 Å². The Kier molecular flexibility index (Phi) is 3.22. The Morgan fingerprint density at radius 3 is 2.75 bits per heavy atom. The highest BCUT2D eigenvalue weighted by Crippen LogP contribution is 2.36. The average molecular weight is 226 g/mol. The van der Waals surface area contributed by atoms with Crippen LogP contribution in [0.1, 0.15) is 32.6 Å². The molecule has 0 radical (unpaired) electrons. The van der Waals surface area contributed by atoms with Crippen molar-refractivity contribution in [3.8, 4) is 0 Å². The highest BCUT2D eigenvalue weighted by Gasteiger charge is 2.43. The average Bonchev–Trinajstić information content (AvgIpc) is 3.00. The number of nitrogens with two attached hydrogens (primary N) is 1. The van der Waals surface area contributed by atoms with Gasteiger partial charge in [0.15, 0.2) is 0 Å². The van der Waals surface area contributed by atoms with E-state index in [1.165, 1.54) is 12.8 Å². The van der Waals surface area contributed by atoms with Gasteiger partial charge in [-0.2, -0.15) is 0 Å². The summed E-state index contributed by atoms with van der Waals surface area (Å²) in [4.78, 5) is 14.2. The first-order valence-corrected chi connectivity index (χ1v) is 6.20. The number of rotatable bonds is 4. The molecule has 92 valence electrons. The van der Waals surface area contributed by atoms with Gasteiger partial charge < -0.3 is 15.4 Å². The SMILES string of the molecule is CN(C(=O)C1(C)CCCO1)C(CN)C1CC1. The Morgan fingerprint density at radius 2 is 2.31 bits per heavy atom. The van der Waals surface area contributed by atoms with E-state index in [4.69, 9.17) is 10.5 Å². The largest absolute Gasteiger partial charge is 0.365 e. The molecular weight excluding hydrogens is 204 g/mol. The van der Waals surface area contributed by atoms with Gasteiger partial charge in [0.25, 0.3) is 5.91 Å². The van der Waals surface area contributed by atoms with E-state index >= 15 is 0 Å². The monoisotopic (exact) mass is 226 g/mol. The summed E-state index contributed by atoms with van der Waals surface area (Å²) in [7, 11) is 1.87. The number of carbonyl (C=O) groups excluding carboxylic acids is 1. The first-order chi connectivity index (χ1) is 7.58. The lowest BCUT2D eigenvalue weighted by atomic mass is 9.99. The van der Waals surface area contributed by atoms with Gasteiger partial charge in [-0.15, -0.1) is 0 Å². The number of hydrogen-bond donors (Lipinski definition) is 1. The van der Waals surface area contributed by atoms with Gasteiger partial charge in [-0.3, -0.25) is 4.79 Å². The van der Waals surface area contributed by atoms with Gasteiger partial charge in [-0.25, -0.2) is 0 Å². The number of ether oxygens (including phenoxy) is 1. The highest BCUT2D eigenvalue weighted by molar-refractivity contribution is 5.85. The van der Waals surface area contributed by atoms with Crippen LogP contribution in [-0.2, 0) is 9.53 Å². The molecule has 2 N–H and O–H groups in total. The Morgan fingerprint density at radius 1 is 1.62 bits per heavy atom. The van der Waals surface area contributed by atoms with E-state index in [-0.39, 0.29) is 11.9 Å². The Labute approximate surface area is 97.1 Å². The van der Waals surface area contributed by atoms with Crippen LogP contribution >= 0.6 is 0 Å². The second-order valence-electron chi connectivity index (χ2n) is 5.24. The summed E-state index contributed by atoms with van der Waals surface area (Å²) >= 11 is 0. The summed E-state index contributed by atoms with van der Waals surface area (Å²) in [6, 6.07) is 0.202. The van der Waals surface area contributed by atoms with Crippen molar-refractivity contribution in [2.75, 3.05) is 20.2 Å². The van der Waals surface area contributed by atoms with Crippen LogP contribution < -0.4 is 5.73 Å². The molecule has 2 rings (SSSR count). The molecule has 1 saturated heterocycles. The van der Waals surface area contributed by atoms with Crippen LogP contribution in [0, 0.1) is 5.92 Å². The molecule has 1 amide bonds. The fourth-order valence-corrected chi connectivity index (χ4v) is 2.62. The van der Waals surface area contributed by atoms with Crippen LogP contribution in [0.25, 0.3) is 0 Å². The molecule has 2 aliphatic rings. The third-order valence-electron chi connectivity index (χ3n) is 3.90. The third kappa shape index (κ3) is 2.09. The van der Waals surface area contributed by atoms with Gasteiger partial charge in [0.1, 0.15) is 5.60 Å². The Bertz CT molecular complexity index is 270. The standard InChI is InChI=1S/C12H22N2O2/c1-12(6-3-7-16-12)11(15)14(2)10(8-13)9-4-5-9/h9-10H,3-8,13H2,1-2H3. The summed E-state index contributed by atoms with van der Waals surface area (Å²) in [6.45, 7) is 3.16. The lowest BCUT2D eigenvalue weighted by Gasteiger charge is -2.33. The van der Waals surface area contributed by atoms with Crippen molar-refractivity contribution in [1.29, 1.82) is 0 Å². The Balaban J connectivity index is 2.02. The maximum Gasteiger partial charge on any atom is 0.254 e. The maximum atomic E-state index is 12.3. The van der Waals surface area contributed by atoms with Gasteiger partial charge in [0.05, 0.1) is 0 Å². The van der Waals surface area contributed by atoms with E-state index in [1.54, 1.807) is 0 Å². The molecule has 0 aromatic rings. The molecule has 1 aliphatic heterocycles. The molecule has 0 bridgehead atoms. The highest BCUT2D eigenvalue weighted by atomic mass is 16.5. The van der Waals surface area contributed by atoms with Crippen molar-refractivity contribution in [2.24, 2.45) is 11.7 Å². The molecular formula is C12H22N2O2. The zero-order valence-corrected chi connectivity index (χ0v) is 10.2. The fraction of sp³-hybridized carbons (Fsp3) is 0.917. The number of carbonyl (C=O) groups is 1. The number of hydrogen-bond acceptors (Lipinski definition) is 3. The molecule has 0 spiro atoms. The minimum atomic E-state index is -0.600. The van der Waals surface area contributed by atoms with E-state index in [9.17, 15) is 4.79 Å². The first kappa shape index (κ1) is 11.9. The Hall–Kier alpha value is -0.610. The second kappa shape index (κ2) is 4.34. The quantitative estimate of drug-likeness (QED) is 0.769. The van der Waals surface area contributed by atoms with Crippen LogP contribution in [0.5, 0.6) is 0 Å². The molecule has 0 aromatic carbocycles. The van der Waals surface area contributed by atoms with Crippen LogP contribution in [0.4, 0.5) is 0 Å². The summed E-state index contributed by atoms with van der Waals surface area (Å²) in [5.41, 5.74) is 5.16. The normalized spacial score (nSPS) is 31.4. The maximum absolute atomic E-state index is 12.3. The molecule has 2 fully saturated rings. The predicted molar refractivity (Wildman–Crippen MR) is 61.9 cm³/mol. The van der Waals surface area contributed by atoms with Crippen molar-refractivity contribution in [2.45, 2.75) is 44.2 Å². The lowest BCUT2D eigenvalue weighted by molar-refractivity contribution is -0.152. The molecule has 1 saturated carbocycles. The molecule has 2 atom stereocenters. The molecule has 4 nitrogen and oxygen atoms in total. The molecule has 2 unspecified atom stereocenters. The van der Waals surface area contributed by atoms with Gasteiger partial charge in [0, 0.05) is 26.2 Å². The first-order valence-electron chi connectivity index (χ1n) is 6.20. The van der Waals surface area contributed by atoms with E-state index in [1.807, 2.05) is 18.9 Å². The fourth-order valence-electron chi connectivity index (χ4n) is 2.62. The minimum absolute atomic E-state index is 0.104. The van der Waals surface area contributed by atoms with Crippen molar-refractivity contribution < 1.29 is 9.53 Å². The third-order valence-corrected chi connectivity index (χ3v) is 3.90. The zero-order chi connectivity index (χ0) is 11.8. The summed E-state index contributed by atoms with van der Waals surface area (Å²) in [6.07, 6.45) is 4.22. The topological polar surface area (TPSA) is 55.6 Å². The number of nitrogens with zero attached hydrogens (tertiary/aromatic N) is 1. The van der Waals surface area contributed by atoms with Crippen molar-refractivity contribution >= 4 is 5.91 Å². The molecule has 16 heavy (non-hydrogen) atoms. The second-order valence-corrected chi connectivity index (χ2v) is 5.24. The van der Waals surface area contributed by atoms with Crippen LogP contribution in [0.2, 0.25) is 0 Å². The van der Waals surface area contributed by atoms with Gasteiger partial charge >= 0.3 is 0 Å². The van der Waals surface area contributed by atoms with Crippen LogP contribution in [0.3, 0.4) is 0 Å². The predicted octanol–water partition coefficient (Wildman–Crippen LogP) is 0.751. The van der Waals surface area contributed by atoms with E-state index in [0.717, 1.165) is 12.8 Å². The van der Waals surface area contributed by atoms with Crippen molar-refractivity contribution in [1.82, 2.24) is 4.90 Å². The van der Waals surface area contributed by atoms with Crippen LogP contribution in [-0.4, -0.2) is 42.6 Å². The van der Waals surface area contributed by atoms with Gasteiger partial charge in [-0.05, 0) is 38.5 Å². The summed E-state index contributed by atoms with van der Waals surface area (Å²) < 4.78 is 5.59. The van der Waals surface area contributed by atoms with Gasteiger partial charge in [-0.1, -0.05) is 0 Å². The van der Waals surface area contributed by atoms with Gasteiger partial charge in [0.2, 0.25) is 0 Å². The van der Waals surface area contributed by atoms with E-state index in [0.29, 0.717) is 19.1 Å². The van der Waals surface area contributed by atoms with E-state index < -0.39 is 5.60 Å². The van der Waals surface area contributed by atoms with Crippen molar-refractivity contribution in [3.63, 3.8) is 0 Å². The molecule has 1 aliphatic carbocycles. The van der Waals surface area contributed by atoms with Crippen LogP contribution in [0.15, 0.2) is 0 Å². The number of likely N-dealkylation sites (N-methyl/N-ethyl adjacent to an activating group) is 1. The zero-order valence-electron chi connectivity index (χ0n) is 10.2. The smallest absolute Gasteiger partial charge is 0.254 e. The lowest BCUT2D eigenvalue weighted by Crippen LogP contribution is -2.52. The number of amides is 1. The minimum Gasteiger partial charge on any atom is -0.365 e. The van der Waals surface area contributed by atoms with Crippen molar-refractivity contribution in [3.05, 3.63) is 0 Å².